The molecule has 0 amide bonds. The average Bonchev–Trinajstić information content (AvgIpc) is 3.70. The Labute approximate surface area is 571 Å². The fourth-order valence-electron chi connectivity index (χ4n) is 11.3. The van der Waals surface area contributed by atoms with Gasteiger partial charge in [0.25, 0.3) is 0 Å². The van der Waals surface area contributed by atoms with Crippen LogP contribution in [0.5, 0.6) is 0 Å². The van der Waals surface area contributed by atoms with Crippen molar-refractivity contribution in [2.45, 2.75) is 380 Å². The van der Waals surface area contributed by atoms with Crippen LogP contribution in [0, 0.1) is 0 Å². The number of rotatable bonds is 72. The summed E-state index contributed by atoms with van der Waals surface area (Å²) in [5, 5.41) is 9.72. The number of allylic oxidation sites excluding steroid dienone is 24. The highest BCUT2D eigenvalue weighted by Gasteiger charge is 2.16. The largest absolute Gasteiger partial charge is 0.462 e. The summed E-state index contributed by atoms with van der Waals surface area (Å²) in [6.45, 7) is 4.03. The summed E-state index contributed by atoms with van der Waals surface area (Å²) in [5.74, 6) is -0.601. The molecule has 0 aliphatic heterocycles. The van der Waals surface area contributed by atoms with Crippen LogP contribution in [-0.2, 0) is 19.1 Å². The van der Waals surface area contributed by atoms with Gasteiger partial charge in [-0.15, -0.1) is 0 Å². The van der Waals surface area contributed by atoms with E-state index in [-0.39, 0.29) is 25.2 Å². The van der Waals surface area contributed by atoms with Gasteiger partial charge >= 0.3 is 11.9 Å². The van der Waals surface area contributed by atoms with Crippen molar-refractivity contribution >= 4 is 11.9 Å². The third kappa shape index (κ3) is 78.2. The lowest BCUT2D eigenvalue weighted by atomic mass is 10.0. The second kappa shape index (κ2) is 81.0. The Hall–Kier alpha value is -4.22. The number of carbonyl (C=O) groups is 2. The van der Waals surface area contributed by atoms with Crippen LogP contribution in [0.2, 0.25) is 0 Å². The van der Waals surface area contributed by atoms with Crippen molar-refractivity contribution in [2.24, 2.45) is 0 Å². The summed E-state index contributed by atoms with van der Waals surface area (Å²) in [5.41, 5.74) is 0. The fourth-order valence-corrected chi connectivity index (χ4v) is 11.3. The van der Waals surface area contributed by atoms with Crippen LogP contribution < -0.4 is 0 Å². The molecular formula is C87H148O5. The number of carbonyl (C=O) groups excluding carboxylic acids is 2. The molecule has 0 aliphatic carbocycles. The molecule has 0 saturated carbocycles. The summed E-state index contributed by atoms with van der Waals surface area (Å²) in [6.07, 6.45) is 122. The SMILES string of the molecule is CC/C=C\C/C=C\C/C=C\C/C=C\C/C=C\C/C=C\C/C=C\C/C=C\C/C=C\C/C=C\CCCCCCCCC(=O)OC(CO)COC(=O)CCCCCCCCCCCCCCCCCCCCCCCCCCCCCCC/C=C\C/C=C\CCCCCCC. The highest BCUT2D eigenvalue weighted by Crippen LogP contribution is 2.18. The van der Waals surface area contributed by atoms with Crippen molar-refractivity contribution in [3.05, 3.63) is 146 Å². The first-order valence-corrected chi connectivity index (χ1v) is 39.4. The van der Waals surface area contributed by atoms with Crippen molar-refractivity contribution < 1.29 is 24.2 Å². The average molecular weight is 1270 g/mol. The lowest BCUT2D eigenvalue weighted by Gasteiger charge is -2.15. The van der Waals surface area contributed by atoms with Crippen molar-refractivity contribution in [1.29, 1.82) is 0 Å². The molecule has 1 unspecified atom stereocenters. The third-order valence-electron chi connectivity index (χ3n) is 17.1. The van der Waals surface area contributed by atoms with E-state index in [1.54, 1.807) is 0 Å². The monoisotopic (exact) mass is 1270 g/mol. The zero-order valence-corrected chi connectivity index (χ0v) is 60.5. The van der Waals surface area contributed by atoms with Crippen LogP contribution in [0.1, 0.15) is 373 Å². The molecule has 0 heterocycles. The van der Waals surface area contributed by atoms with Crippen molar-refractivity contribution in [2.75, 3.05) is 13.2 Å². The minimum Gasteiger partial charge on any atom is -0.462 e. The Morgan fingerprint density at radius 3 is 0.707 bits per heavy atom. The maximum absolute atomic E-state index is 12.4. The van der Waals surface area contributed by atoms with Gasteiger partial charge in [0.1, 0.15) is 6.61 Å². The molecule has 92 heavy (non-hydrogen) atoms. The molecule has 0 aliphatic rings. The molecule has 526 valence electrons. The molecule has 0 aromatic heterocycles. The normalized spacial score (nSPS) is 13.0. The first-order valence-electron chi connectivity index (χ1n) is 39.4. The summed E-state index contributed by atoms with van der Waals surface area (Å²) in [7, 11) is 0. The Morgan fingerprint density at radius 2 is 0.467 bits per heavy atom. The lowest BCUT2D eigenvalue weighted by Crippen LogP contribution is -2.28. The van der Waals surface area contributed by atoms with E-state index < -0.39 is 6.10 Å². The van der Waals surface area contributed by atoms with Gasteiger partial charge < -0.3 is 14.6 Å². The summed E-state index contributed by atoms with van der Waals surface area (Å²) >= 11 is 0. The molecule has 1 N–H and O–H groups in total. The third-order valence-corrected chi connectivity index (χ3v) is 17.1. The van der Waals surface area contributed by atoms with E-state index in [2.05, 4.69) is 160 Å². The highest BCUT2D eigenvalue weighted by atomic mass is 16.6. The maximum atomic E-state index is 12.4. The molecule has 0 aromatic carbocycles. The van der Waals surface area contributed by atoms with Gasteiger partial charge in [0, 0.05) is 12.8 Å². The number of ether oxygens (including phenoxy) is 2. The maximum Gasteiger partial charge on any atom is 0.306 e. The minimum atomic E-state index is -0.790. The van der Waals surface area contributed by atoms with Gasteiger partial charge in [0.15, 0.2) is 6.10 Å². The van der Waals surface area contributed by atoms with Crippen molar-refractivity contribution in [3.8, 4) is 0 Å². The van der Waals surface area contributed by atoms with E-state index in [0.29, 0.717) is 12.8 Å². The Balaban J connectivity index is 3.49. The molecule has 5 nitrogen and oxygen atoms in total. The number of aliphatic hydroxyl groups excluding tert-OH is 1. The van der Waals surface area contributed by atoms with Gasteiger partial charge in [-0.3, -0.25) is 9.59 Å². The summed E-state index contributed by atoms with van der Waals surface area (Å²) in [4.78, 5) is 24.7. The van der Waals surface area contributed by atoms with Crippen molar-refractivity contribution in [3.63, 3.8) is 0 Å². The van der Waals surface area contributed by atoms with Crippen LogP contribution in [0.4, 0.5) is 0 Å². The second-order valence-electron chi connectivity index (χ2n) is 26.1. The van der Waals surface area contributed by atoms with Crippen LogP contribution >= 0.6 is 0 Å². The molecule has 0 spiro atoms. The molecule has 0 radical (unpaired) electrons. The van der Waals surface area contributed by atoms with Crippen LogP contribution in [0.25, 0.3) is 0 Å². The van der Waals surface area contributed by atoms with Gasteiger partial charge in [-0.1, -0.05) is 384 Å². The Kier molecular flexibility index (Phi) is 77.3. The predicted octanol–water partition coefficient (Wildman–Crippen LogP) is 28.0. The highest BCUT2D eigenvalue weighted by molar-refractivity contribution is 5.70. The first-order chi connectivity index (χ1) is 45.6. The Bertz CT molecular complexity index is 1880. The number of esters is 2. The topological polar surface area (TPSA) is 72.8 Å². The standard InChI is InChI=1S/C87H148O5/c1-3-5-7-9-11-13-15-17-19-21-23-25-27-29-31-33-35-37-39-41-42-43-44-46-47-49-51-53-55-57-59-61-63-65-67-69-71-73-75-77-79-81-86(89)91-84-85(83-88)92-87(90)82-80-78-76-74-72-70-68-66-64-62-60-58-56-54-52-50-48-45-40-38-36-34-32-30-28-26-24-22-20-18-16-14-12-10-8-6-4-2/h6,8,12,14-15,17-18,20-21,23-24,26,30,32,36,38,45,48,52,54,58,60,64,66,85,88H,3-5,7,9-11,13,16,19,22,25,27-29,31,33-35,37,39-44,46-47,49-51,53,55-57,59,61-63,65,67-84H2,1-2H3/b8-6-,14-12-,17-15-,20-18-,23-21-,26-24-,32-30-,38-36-,48-45-,54-52-,60-58-,66-64-. The molecule has 0 aromatic rings. The number of aliphatic hydroxyl groups is 1. The zero-order chi connectivity index (χ0) is 66.1. The van der Waals surface area contributed by atoms with E-state index in [4.69, 9.17) is 9.47 Å². The zero-order valence-electron chi connectivity index (χ0n) is 60.5. The van der Waals surface area contributed by atoms with Crippen LogP contribution in [-0.4, -0.2) is 36.4 Å². The summed E-state index contributed by atoms with van der Waals surface area (Å²) < 4.78 is 10.8. The number of hydrogen-bond acceptors (Lipinski definition) is 5. The predicted molar refractivity (Wildman–Crippen MR) is 408 cm³/mol. The molecule has 0 rings (SSSR count). The van der Waals surface area contributed by atoms with Crippen LogP contribution in [0.3, 0.4) is 0 Å². The first kappa shape index (κ1) is 87.8. The smallest absolute Gasteiger partial charge is 0.306 e. The van der Waals surface area contributed by atoms with E-state index in [1.807, 2.05) is 0 Å². The van der Waals surface area contributed by atoms with E-state index in [9.17, 15) is 14.7 Å². The van der Waals surface area contributed by atoms with Gasteiger partial charge in [-0.25, -0.2) is 0 Å². The molecule has 0 saturated heterocycles. The molecule has 5 heteroatoms. The van der Waals surface area contributed by atoms with E-state index in [0.717, 1.165) is 116 Å². The number of hydrogen-bond donors (Lipinski definition) is 1. The number of unbranched alkanes of at least 4 members (excludes halogenated alkanes) is 40. The van der Waals surface area contributed by atoms with Gasteiger partial charge in [0.2, 0.25) is 0 Å². The second-order valence-corrected chi connectivity index (χ2v) is 26.1. The minimum absolute atomic E-state index is 0.0762. The fraction of sp³-hybridized carbons (Fsp3) is 0.701. The Morgan fingerprint density at radius 1 is 0.261 bits per heavy atom. The van der Waals surface area contributed by atoms with Crippen molar-refractivity contribution in [1.82, 2.24) is 0 Å². The molecule has 1 atom stereocenters. The molecular weight excluding hydrogens is 1120 g/mol. The van der Waals surface area contributed by atoms with Crippen LogP contribution in [0.15, 0.2) is 146 Å². The van der Waals surface area contributed by atoms with Gasteiger partial charge in [0.05, 0.1) is 6.61 Å². The molecule has 0 fully saturated rings. The molecule has 0 bridgehead atoms. The lowest BCUT2D eigenvalue weighted by molar-refractivity contribution is -0.161. The van der Waals surface area contributed by atoms with Gasteiger partial charge in [-0.2, -0.15) is 0 Å². The summed E-state index contributed by atoms with van der Waals surface area (Å²) in [6, 6.07) is 0. The van der Waals surface area contributed by atoms with Gasteiger partial charge in [-0.05, 0) is 122 Å². The van der Waals surface area contributed by atoms with E-state index >= 15 is 0 Å². The van der Waals surface area contributed by atoms with E-state index in [1.165, 1.54) is 231 Å². The quantitative estimate of drug-likeness (QED) is 0.0373.